The van der Waals surface area contributed by atoms with Gasteiger partial charge in [-0.15, -0.1) is 0 Å². The van der Waals surface area contributed by atoms with Crippen molar-refractivity contribution in [3.05, 3.63) is 52.3 Å². The first-order chi connectivity index (χ1) is 13.0. The molecule has 7 heteroatoms. The van der Waals surface area contributed by atoms with Crippen molar-refractivity contribution in [3.63, 3.8) is 0 Å². The summed E-state index contributed by atoms with van der Waals surface area (Å²) in [4.78, 5) is 29.0. The summed E-state index contributed by atoms with van der Waals surface area (Å²) < 4.78 is 1.64. The Morgan fingerprint density at radius 3 is 2.74 bits per heavy atom. The molecular weight excluding hydrogens is 364 g/mol. The molecule has 0 unspecified atom stereocenters. The van der Waals surface area contributed by atoms with Crippen molar-refractivity contribution in [2.75, 3.05) is 19.6 Å². The quantitative estimate of drug-likeness (QED) is 0.791. The van der Waals surface area contributed by atoms with Crippen LogP contribution >= 0.6 is 11.6 Å². The van der Waals surface area contributed by atoms with E-state index in [9.17, 15) is 9.59 Å². The number of hydrogen-bond donors (Lipinski definition) is 0. The number of amides is 2. The number of nitrogens with zero attached hydrogens (tertiary/aromatic N) is 4. The summed E-state index contributed by atoms with van der Waals surface area (Å²) in [6, 6.07) is 9.40. The third kappa shape index (κ3) is 4.50. The van der Waals surface area contributed by atoms with Crippen LogP contribution in [0.2, 0.25) is 5.02 Å². The van der Waals surface area contributed by atoms with Gasteiger partial charge in [0.05, 0.1) is 5.69 Å². The molecule has 27 heavy (non-hydrogen) atoms. The first-order valence-corrected chi connectivity index (χ1v) is 9.70. The zero-order valence-electron chi connectivity index (χ0n) is 15.8. The van der Waals surface area contributed by atoms with E-state index in [1.165, 1.54) is 0 Å². The second-order valence-corrected chi connectivity index (χ2v) is 7.25. The van der Waals surface area contributed by atoms with Gasteiger partial charge in [0.15, 0.2) is 0 Å². The molecule has 0 atom stereocenters. The molecule has 0 aliphatic carbocycles. The second-order valence-electron chi connectivity index (χ2n) is 6.84. The zero-order chi connectivity index (χ0) is 19.4. The molecule has 0 saturated carbocycles. The number of hydrogen-bond acceptors (Lipinski definition) is 3. The molecule has 2 heterocycles. The van der Waals surface area contributed by atoms with Crippen LogP contribution in [0.25, 0.3) is 0 Å². The van der Waals surface area contributed by atoms with Crippen molar-refractivity contribution in [2.45, 2.75) is 32.7 Å². The zero-order valence-corrected chi connectivity index (χ0v) is 16.6. The van der Waals surface area contributed by atoms with Gasteiger partial charge in [0.25, 0.3) is 5.91 Å². The Bertz CT molecular complexity index is 833. The third-order valence-corrected chi connectivity index (χ3v) is 5.22. The predicted molar refractivity (Wildman–Crippen MR) is 105 cm³/mol. The molecule has 1 aliphatic rings. The average molecular weight is 389 g/mol. The van der Waals surface area contributed by atoms with Crippen LogP contribution in [0.1, 0.15) is 41.5 Å². The number of aromatic nitrogens is 2. The van der Waals surface area contributed by atoms with E-state index in [0.717, 1.165) is 24.1 Å². The third-order valence-electron chi connectivity index (χ3n) is 4.85. The van der Waals surface area contributed by atoms with Crippen LogP contribution in [0.5, 0.6) is 0 Å². The Morgan fingerprint density at radius 2 is 2.00 bits per heavy atom. The number of carbonyl (C=O) groups excluding carboxylic acids is 2. The van der Waals surface area contributed by atoms with Crippen LogP contribution in [-0.4, -0.2) is 51.0 Å². The molecule has 144 valence electrons. The smallest absolute Gasteiger partial charge is 0.272 e. The Labute approximate surface area is 164 Å². The lowest BCUT2D eigenvalue weighted by molar-refractivity contribution is -0.130. The SMILES string of the molecule is CCCc1cc(C(=O)N2CCC(=O)N(Cc3ccccc3Cl)CC2)n(C)n1. The molecule has 0 bridgehead atoms. The van der Waals surface area contributed by atoms with E-state index in [0.29, 0.717) is 43.3 Å². The largest absolute Gasteiger partial charge is 0.336 e. The Balaban J connectivity index is 1.69. The van der Waals surface area contributed by atoms with Gasteiger partial charge in [-0.3, -0.25) is 14.3 Å². The van der Waals surface area contributed by atoms with Gasteiger partial charge in [-0.05, 0) is 24.1 Å². The van der Waals surface area contributed by atoms with Crippen molar-refractivity contribution in [1.82, 2.24) is 19.6 Å². The van der Waals surface area contributed by atoms with E-state index in [-0.39, 0.29) is 11.8 Å². The van der Waals surface area contributed by atoms with Crippen molar-refractivity contribution in [2.24, 2.45) is 7.05 Å². The molecule has 2 amide bonds. The molecule has 1 aliphatic heterocycles. The minimum atomic E-state index is -0.0697. The highest BCUT2D eigenvalue weighted by atomic mass is 35.5. The number of carbonyl (C=O) groups is 2. The van der Waals surface area contributed by atoms with E-state index in [2.05, 4.69) is 12.0 Å². The van der Waals surface area contributed by atoms with E-state index in [1.807, 2.05) is 30.3 Å². The van der Waals surface area contributed by atoms with Gasteiger partial charge >= 0.3 is 0 Å². The van der Waals surface area contributed by atoms with Crippen molar-refractivity contribution in [1.29, 1.82) is 0 Å². The molecule has 2 aromatic rings. The minimum absolute atomic E-state index is 0.0434. The van der Waals surface area contributed by atoms with E-state index >= 15 is 0 Å². The van der Waals surface area contributed by atoms with Crippen molar-refractivity contribution >= 4 is 23.4 Å². The maximum atomic E-state index is 12.9. The van der Waals surface area contributed by atoms with Crippen LogP contribution in [0.15, 0.2) is 30.3 Å². The lowest BCUT2D eigenvalue weighted by atomic mass is 10.2. The normalized spacial score (nSPS) is 15.1. The fourth-order valence-electron chi connectivity index (χ4n) is 3.34. The van der Waals surface area contributed by atoms with Crippen LogP contribution in [0.3, 0.4) is 0 Å². The molecule has 0 spiro atoms. The van der Waals surface area contributed by atoms with Gasteiger partial charge in [0, 0.05) is 44.7 Å². The molecule has 6 nitrogen and oxygen atoms in total. The standard InChI is InChI=1S/C20H25ClN4O2/c1-3-6-16-13-18(23(2)22-16)20(27)24-10-9-19(26)25(12-11-24)14-15-7-4-5-8-17(15)21/h4-5,7-8,13H,3,6,9-12,14H2,1-2H3. The Kier molecular flexibility index (Phi) is 6.16. The summed E-state index contributed by atoms with van der Waals surface area (Å²) in [6.45, 7) is 3.97. The predicted octanol–water partition coefficient (Wildman–Crippen LogP) is 2.90. The van der Waals surface area contributed by atoms with E-state index in [4.69, 9.17) is 11.6 Å². The molecular formula is C20H25ClN4O2. The topological polar surface area (TPSA) is 58.4 Å². The monoisotopic (exact) mass is 388 g/mol. The molecule has 0 radical (unpaired) electrons. The van der Waals surface area contributed by atoms with Gasteiger partial charge in [-0.1, -0.05) is 43.1 Å². The summed E-state index contributed by atoms with van der Waals surface area (Å²) >= 11 is 6.22. The fraction of sp³-hybridized carbons (Fsp3) is 0.450. The lowest BCUT2D eigenvalue weighted by Gasteiger charge is -2.22. The highest BCUT2D eigenvalue weighted by Gasteiger charge is 2.26. The number of aryl methyl sites for hydroxylation is 2. The van der Waals surface area contributed by atoms with E-state index < -0.39 is 0 Å². The van der Waals surface area contributed by atoms with E-state index in [1.54, 1.807) is 21.5 Å². The van der Waals surface area contributed by atoms with Gasteiger partial charge in [-0.2, -0.15) is 5.10 Å². The first-order valence-electron chi connectivity index (χ1n) is 9.33. The highest BCUT2D eigenvalue weighted by Crippen LogP contribution is 2.19. The van der Waals surface area contributed by atoms with Crippen LogP contribution in [0.4, 0.5) is 0 Å². The van der Waals surface area contributed by atoms with Crippen LogP contribution in [0, 0.1) is 0 Å². The van der Waals surface area contributed by atoms with Crippen LogP contribution in [-0.2, 0) is 24.8 Å². The van der Waals surface area contributed by atoms with Crippen molar-refractivity contribution < 1.29 is 9.59 Å². The highest BCUT2D eigenvalue weighted by molar-refractivity contribution is 6.31. The fourth-order valence-corrected chi connectivity index (χ4v) is 3.53. The maximum Gasteiger partial charge on any atom is 0.272 e. The molecule has 1 aromatic heterocycles. The number of rotatable bonds is 5. The molecule has 1 aromatic carbocycles. The number of benzene rings is 1. The first kappa shape index (κ1) is 19.4. The summed E-state index contributed by atoms with van der Waals surface area (Å²) in [5, 5.41) is 5.07. The average Bonchev–Trinajstić information content (AvgIpc) is 2.91. The summed E-state index contributed by atoms with van der Waals surface area (Å²) in [5.74, 6) is -0.0263. The maximum absolute atomic E-state index is 12.9. The Hall–Kier alpha value is -2.34. The van der Waals surface area contributed by atoms with Gasteiger partial charge in [-0.25, -0.2) is 0 Å². The molecule has 0 N–H and O–H groups in total. The van der Waals surface area contributed by atoms with Crippen LogP contribution < -0.4 is 0 Å². The number of halogens is 1. The minimum Gasteiger partial charge on any atom is -0.336 e. The lowest BCUT2D eigenvalue weighted by Crippen LogP contribution is -2.36. The van der Waals surface area contributed by atoms with Crippen molar-refractivity contribution in [3.8, 4) is 0 Å². The molecule has 3 rings (SSSR count). The molecule has 1 fully saturated rings. The Morgan fingerprint density at radius 1 is 1.22 bits per heavy atom. The van der Waals surface area contributed by atoms with Gasteiger partial charge in [0.2, 0.25) is 5.91 Å². The summed E-state index contributed by atoms with van der Waals surface area (Å²) in [5.41, 5.74) is 2.42. The second kappa shape index (κ2) is 8.57. The van der Waals surface area contributed by atoms with Gasteiger partial charge in [0.1, 0.15) is 5.69 Å². The summed E-state index contributed by atoms with van der Waals surface area (Å²) in [6.07, 6.45) is 2.15. The van der Waals surface area contributed by atoms with Gasteiger partial charge < -0.3 is 9.80 Å². The molecule has 1 saturated heterocycles. The summed E-state index contributed by atoms with van der Waals surface area (Å²) in [7, 11) is 1.79.